The number of esters is 1. The molecule has 0 saturated heterocycles. The number of aliphatic hydroxyl groups is 1. The molecule has 1 aliphatic rings. The summed E-state index contributed by atoms with van der Waals surface area (Å²) in [6.45, 7) is 0.227. The van der Waals surface area contributed by atoms with Crippen molar-refractivity contribution >= 4 is 45.0 Å². The van der Waals surface area contributed by atoms with Crippen molar-refractivity contribution < 1.29 is 19.0 Å². The highest BCUT2D eigenvalue weighted by Crippen LogP contribution is 2.27. The molecule has 0 fully saturated rings. The fourth-order valence-corrected chi connectivity index (χ4v) is 2.65. The molecule has 0 saturated carbocycles. The number of carbonyl (C=O) groups excluding carboxylic acids is 1. The summed E-state index contributed by atoms with van der Waals surface area (Å²) in [7, 11) is 2.82. The van der Waals surface area contributed by atoms with Gasteiger partial charge in [-0.1, -0.05) is 15.9 Å². The molecule has 1 aromatic carbocycles. The van der Waals surface area contributed by atoms with Crippen molar-refractivity contribution in [1.82, 2.24) is 4.90 Å². The van der Waals surface area contributed by atoms with Crippen LogP contribution in [0.25, 0.3) is 0 Å². The van der Waals surface area contributed by atoms with E-state index in [0.29, 0.717) is 4.47 Å². The Balaban J connectivity index is 2.58. The van der Waals surface area contributed by atoms with Gasteiger partial charge in [0.05, 0.1) is 7.11 Å². The van der Waals surface area contributed by atoms with Gasteiger partial charge in [0.2, 0.25) is 0 Å². The topological polar surface area (TPSA) is 62.1 Å². The summed E-state index contributed by atoms with van der Waals surface area (Å²) in [6, 6.07) is 4.34. The maximum absolute atomic E-state index is 13.9. The molecular weight excluding hydrogens is 379 g/mol. The number of carbonyl (C=O) groups is 1. The maximum atomic E-state index is 13.9. The first-order valence-electron chi connectivity index (χ1n) is 6.26. The second-order valence-corrected chi connectivity index (χ2v) is 6.07. The molecule has 0 spiro atoms. The third-order valence-corrected chi connectivity index (χ3v) is 3.94. The van der Waals surface area contributed by atoms with Gasteiger partial charge >= 0.3 is 5.97 Å². The SMILES string of the molecule is COC(=O)C1=C(O)C(Cl)CN(C)C1=Nc1ccc(Br)cc1F. The number of rotatable bonds is 2. The summed E-state index contributed by atoms with van der Waals surface area (Å²) in [5, 5.41) is 9.29. The van der Waals surface area contributed by atoms with Crippen molar-refractivity contribution in [3.8, 4) is 0 Å². The van der Waals surface area contributed by atoms with Crippen molar-refractivity contribution in [2.45, 2.75) is 5.38 Å². The monoisotopic (exact) mass is 390 g/mol. The van der Waals surface area contributed by atoms with Gasteiger partial charge < -0.3 is 14.7 Å². The zero-order valence-corrected chi connectivity index (χ0v) is 14.2. The summed E-state index contributed by atoms with van der Waals surface area (Å²) in [4.78, 5) is 17.6. The van der Waals surface area contributed by atoms with Gasteiger partial charge in [-0.15, -0.1) is 11.6 Å². The Bertz CT molecular complexity index is 678. The molecule has 8 heteroatoms. The van der Waals surface area contributed by atoms with Crippen molar-refractivity contribution in [3.05, 3.63) is 39.8 Å². The van der Waals surface area contributed by atoms with Crippen LogP contribution < -0.4 is 0 Å². The molecule has 1 heterocycles. The second kappa shape index (κ2) is 6.66. The molecule has 2 rings (SSSR count). The number of hydrogen-bond donors (Lipinski definition) is 1. The van der Waals surface area contributed by atoms with Crippen molar-refractivity contribution in [1.29, 1.82) is 0 Å². The van der Waals surface area contributed by atoms with E-state index in [1.54, 1.807) is 18.0 Å². The molecule has 0 aliphatic carbocycles. The van der Waals surface area contributed by atoms with Gasteiger partial charge in [0.15, 0.2) is 0 Å². The molecule has 118 valence electrons. The lowest BCUT2D eigenvalue weighted by atomic mass is 10.1. The highest BCUT2D eigenvalue weighted by molar-refractivity contribution is 9.10. The van der Waals surface area contributed by atoms with E-state index < -0.39 is 17.2 Å². The Morgan fingerprint density at radius 1 is 1.59 bits per heavy atom. The molecule has 1 aliphatic heterocycles. The van der Waals surface area contributed by atoms with E-state index in [1.165, 1.54) is 19.2 Å². The lowest BCUT2D eigenvalue weighted by Gasteiger charge is -2.30. The van der Waals surface area contributed by atoms with E-state index in [2.05, 4.69) is 25.7 Å². The average molecular weight is 392 g/mol. The van der Waals surface area contributed by atoms with Crippen molar-refractivity contribution in [3.63, 3.8) is 0 Å². The normalized spacial score (nSPS) is 20.5. The largest absolute Gasteiger partial charge is 0.510 e. The summed E-state index contributed by atoms with van der Waals surface area (Å²) >= 11 is 9.14. The van der Waals surface area contributed by atoms with Gasteiger partial charge in [0.25, 0.3) is 0 Å². The van der Waals surface area contributed by atoms with E-state index in [9.17, 15) is 14.3 Å². The first-order chi connectivity index (χ1) is 10.3. The molecular formula is C14H13BrClFN2O3. The van der Waals surface area contributed by atoms with Gasteiger partial charge in [-0.3, -0.25) is 0 Å². The predicted octanol–water partition coefficient (Wildman–Crippen LogP) is 3.16. The van der Waals surface area contributed by atoms with Gasteiger partial charge in [-0.2, -0.15) is 0 Å². The fraction of sp³-hybridized carbons (Fsp3) is 0.286. The molecule has 1 atom stereocenters. The third-order valence-electron chi connectivity index (χ3n) is 3.10. The maximum Gasteiger partial charge on any atom is 0.345 e. The smallest absolute Gasteiger partial charge is 0.345 e. The number of likely N-dealkylation sites (N-methyl/N-ethyl adjacent to an activating group) is 1. The van der Waals surface area contributed by atoms with Crippen LogP contribution >= 0.6 is 27.5 Å². The van der Waals surface area contributed by atoms with Gasteiger partial charge in [-0.05, 0) is 18.2 Å². The standard InChI is InChI=1S/C14H13BrClFN2O3/c1-19-6-8(16)12(20)11(14(21)22-2)13(19)18-10-4-3-7(15)5-9(10)17/h3-5,8,20H,6H2,1-2H3. The molecule has 0 amide bonds. The van der Waals surface area contributed by atoms with Crippen molar-refractivity contribution in [2.75, 3.05) is 20.7 Å². The Morgan fingerprint density at radius 2 is 2.27 bits per heavy atom. The molecule has 0 radical (unpaired) electrons. The lowest BCUT2D eigenvalue weighted by Crippen LogP contribution is -2.42. The minimum atomic E-state index is -0.786. The zero-order chi connectivity index (χ0) is 16.4. The number of benzene rings is 1. The van der Waals surface area contributed by atoms with Crippen molar-refractivity contribution in [2.24, 2.45) is 4.99 Å². The van der Waals surface area contributed by atoms with Crippen LogP contribution in [0.3, 0.4) is 0 Å². The quantitative estimate of drug-likeness (QED) is 0.621. The summed E-state index contributed by atoms with van der Waals surface area (Å²) < 4.78 is 19.2. The first-order valence-corrected chi connectivity index (χ1v) is 7.48. The molecule has 1 N–H and O–H groups in total. The number of halogens is 3. The molecule has 0 bridgehead atoms. The number of aliphatic imine (C=N–C) groups is 1. The number of alkyl halides is 1. The van der Waals surface area contributed by atoms with Crippen LogP contribution in [0, 0.1) is 5.82 Å². The third kappa shape index (κ3) is 3.25. The lowest BCUT2D eigenvalue weighted by molar-refractivity contribution is -0.135. The number of methoxy groups -OCH3 is 1. The van der Waals surface area contributed by atoms with E-state index in [0.717, 1.165) is 0 Å². The predicted molar refractivity (Wildman–Crippen MR) is 85.1 cm³/mol. The minimum Gasteiger partial charge on any atom is -0.510 e. The zero-order valence-electron chi connectivity index (χ0n) is 11.8. The molecule has 22 heavy (non-hydrogen) atoms. The van der Waals surface area contributed by atoms with Crippen LogP contribution in [0.4, 0.5) is 10.1 Å². The summed E-state index contributed by atoms with van der Waals surface area (Å²) in [5.74, 6) is -1.58. The van der Waals surface area contributed by atoms with Crippen LogP contribution in [0.15, 0.2) is 39.0 Å². The van der Waals surface area contributed by atoms with E-state index in [-0.39, 0.29) is 29.4 Å². The summed E-state index contributed by atoms with van der Waals surface area (Å²) in [5.41, 5.74) is -0.133. The van der Waals surface area contributed by atoms with Crippen LogP contribution in [0.1, 0.15) is 0 Å². The van der Waals surface area contributed by atoms with E-state index in [1.807, 2.05) is 0 Å². The van der Waals surface area contributed by atoms with Gasteiger partial charge in [-0.25, -0.2) is 14.2 Å². The van der Waals surface area contributed by atoms with Crippen LogP contribution in [-0.2, 0) is 9.53 Å². The first kappa shape index (κ1) is 16.8. The van der Waals surface area contributed by atoms with Gasteiger partial charge in [0, 0.05) is 18.1 Å². The minimum absolute atomic E-state index is 0.0345. The van der Waals surface area contributed by atoms with Crippen LogP contribution in [0.2, 0.25) is 0 Å². The van der Waals surface area contributed by atoms with Crippen LogP contribution in [0.5, 0.6) is 0 Å². The number of hydrogen-bond acceptors (Lipinski definition) is 4. The number of ether oxygens (including phenoxy) is 1. The van der Waals surface area contributed by atoms with E-state index in [4.69, 9.17) is 11.6 Å². The molecule has 1 unspecified atom stereocenters. The summed E-state index contributed by atoms with van der Waals surface area (Å²) in [6.07, 6.45) is 0. The second-order valence-electron chi connectivity index (χ2n) is 4.63. The Morgan fingerprint density at radius 3 is 2.86 bits per heavy atom. The highest BCUT2D eigenvalue weighted by Gasteiger charge is 2.34. The number of amidine groups is 1. The highest BCUT2D eigenvalue weighted by atomic mass is 79.9. The average Bonchev–Trinajstić information content (AvgIpc) is 2.46. The molecule has 0 aromatic heterocycles. The fourth-order valence-electron chi connectivity index (χ4n) is 2.00. The number of nitrogens with zero attached hydrogens (tertiary/aromatic N) is 2. The molecule has 5 nitrogen and oxygen atoms in total. The Hall–Kier alpha value is -1.60. The van der Waals surface area contributed by atoms with Gasteiger partial charge in [0.1, 0.15) is 34.0 Å². The van der Waals surface area contributed by atoms with Crippen LogP contribution in [-0.4, -0.2) is 47.9 Å². The van der Waals surface area contributed by atoms with E-state index >= 15 is 0 Å². The Labute approximate surface area is 140 Å². The number of aliphatic hydroxyl groups excluding tert-OH is 1. The molecule has 1 aromatic rings. The Kier molecular flexibility index (Phi) is 5.08.